The van der Waals surface area contributed by atoms with E-state index in [1.54, 1.807) is 0 Å². The van der Waals surface area contributed by atoms with Gasteiger partial charge >= 0.3 is 10.5 Å². The molecule has 0 amide bonds. The lowest BCUT2D eigenvalue weighted by Gasteiger charge is -2.22. The Labute approximate surface area is 97.6 Å². The molecule has 0 N–H and O–H groups in total. The van der Waals surface area contributed by atoms with Gasteiger partial charge in [0.25, 0.3) is 5.88 Å². The molecular weight excluding hydrogens is 277 g/mol. The molecule has 0 aromatic carbocycles. The molecule has 1 heterocycles. The van der Waals surface area contributed by atoms with Gasteiger partial charge in [-0.25, -0.2) is 9.37 Å². The van der Waals surface area contributed by atoms with E-state index in [0.29, 0.717) is 12.3 Å². The van der Waals surface area contributed by atoms with Crippen LogP contribution in [-0.4, -0.2) is 9.57 Å². The minimum atomic E-state index is -4.21. The van der Waals surface area contributed by atoms with Crippen molar-refractivity contribution in [3.05, 3.63) is 22.8 Å². The predicted octanol–water partition coefficient (Wildman–Crippen LogP) is 4.07. The van der Waals surface area contributed by atoms with Gasteiger partial charge in [-0.3, -0.25) is 5.11 Å². The first-order valence-corrected chi connectivity index (χ1v) is 4.57. The predicted molar refractivity (Wildman–Crippen MR) is 48.8 cm³/mol. The molecule has 83 valence electrons. The van der Waals surface area contributed by atoms with Gasteiger partial charge in [-0.1, -0.05) is 34.8 Å². The van der Waals surface area contributed by atoms with E-state index in [2.05, 4.69) is 28.2 Å². The summed E-state index contributed by atoms with van der Waals surface area (Å²) >= 11 is 14.6. The second-order valence-electron chi connectivity index (χ2n) is 2.58. The third kappa shape index (κ3) is 2.41. The number of halogens is 6. The van der Waals surface area contributed by atoms with Crippen LogP contribution < -0.4 is 0 Å². The molecule has 0 aliphatic rings. The first kappa shape index (κ1) is 12.7. The van der Waals surface area contributed by atoms with Crippen molar-refractivity contribution in [3.63, 3.8) is 0 Å². The second kappa shape index (κ2) is 3.88. The Balaban J connectivity index is 3.22. The molecule has 0 aliphatic carbocycles. The molecule has 0 bridgehead atoms. The van der Waals surface area contributed by atoms with Crippen LogP contribution >= 0.6 is 34.8 Å². The number of hydrogen-bond donors (Lipinski definition) is 0. The summed E-state index contributed by atoms with van der Waals surface area (Å²) in [7, 11) is 0. The first-order chi connectivity index (χ1) is 6.66. The van der Waals surface area contributed by atoms with E-state index in [9.17, 15) is 18.3 Å². The van der Waals surface area contributed by atoms with Crippen LogP contribution in [0.25, 0.3) is 0 Å². The van der Waals surface area contributed by atoms with Gasteiger partial charge in [0, 0.05) is 11.8 Å². The van der Waals surface area contributed by atoms with Crippen molar-refractivity contribution >= 4 is 34.8 Å². The Morgan fingerprint density at radius 3 is 2.20 bits per heavy atom. The Kier molecular flexibility index (Phi) is 3.28. The van der Waals surface area contributed by atoms with Crippen LogP contribution in [0.15, 0.2) is 12.3 Å². The fourth-order valence-corrected chi connectivity index (χ4v) is 1.15. The number of aromatic nitrogens is 1. The monoisotopic (exact) mass is 278 g/mol. The van der Waals surface area contributed by atoms with Crippen molar-refractivity contribution in [3.8, 4) is 5.88 Å². The zero-order chi connectivity index (χ0) is 11.9. The summed E-state index contributed by atoms with van der Waals surface area (Å²) in [6.45, 7) is 0. The highest BCUT2D eigenvalue weighted by atomic mass is 35.5. The molecule has 1 rings (SSSR count). The zero-order valence-electron chi connectivity index (χ0n) is 6.78. The highest BCUT2D eigenvalue weighted by molar-refractivity contribution is 6.47. The van der Waals surface area contributed by atoms with Gasteiger partial charge in [0.2, 0.25) is 0 Å². The summed E-state index contributed by atoms with van der Waals surface area (Å²) in [4.78, 5) is 3.01. The molecule has 8 heteroatoms. The molecule has 0 spiro atoms. The van der Waals surface area contributed by atoms with Crippen molar-refractivity contribution in [2.24, 2.45) is 0 Å². The van der Waals surface area contributed by atoms with Gasteiger partial charge in [0.15, 0.2) is 0 Å². The molecule has 15 heavy (non-hydrogen) atoms. The van der Waals surface area contributed by atoms with Crippen LogP contribution in [-0.2, 0) is 11.0 Å². The Hall–Kier alpha value is -0.390. The third-order valence-corrected chi connectivity index (χ3v) is 2.27. The molecular formula is C7H2Cl3F3NO. The van der Waals surface area contributed by atoms with Crippen molar-refractivity contribution in [1.29, 1.82) is 0 Å². The van der Waals surface area contributed by atoms with Crippen LogP contribution in [0.5, 0.6) is 5.88 Å². The van der Waals surface area contributed by atoms with Crippen LogP contribution in [0.4, 0.5) is 13.2 Å². The number of hydrogen-bond acceptors (Lipinski definition) is 1. The van der Waals surface area contributed by atoms with Crippen LogP contribution in [0.1, 0.15) is 5.56 Å². The van der Waals surface area contributed by atoms with Gasteiger partial charge in [0.1, 0.15) is 5.02 Å². The maximum absolute atomic E-state index is 13.1. The Morgan fingerprint density at radius 1 is 1.27 bits per heavy atom. The highest BCUT2D eigenvalue weighted by Crippen LogP contribution is 2.47. The molecule has 0 saturated heterocycles. The normalized spacial score (nSPS) is 12.9. The Morgan fingerprint density at radius 2 is 1.80 bits per heavy atom. The molecule has 0 unspecified atom stereocenters. The maximum Gasteiger partial charge on any atom is 0.336 e. The lowest BCUT2D eigenvalue weighted by molar-refractivity contribution is -0.0653. The average molecular weight is 279 g/mol. The van der Waals surface area contributed by atoms with E-state index in [1.165, 1.54) is 0 Å². The van der Waals surface area contributed by atoms with Crippen molar-refractivity contribution < 1.29 is 18.3 Å². The van der Waals surface area contributed by atoms with Crippen LogP contribution in [0.3, 0.4) is 0 Å². The highest BCUT2D eigenvalue weighted by Gasteiger charge is 2.54. The SMILES string of the molecule is [O]c1ncc(C(F)(F)C(F)(Cl)Cl)cc1Cl. The van der Waals surface area contributed by atoms with Gasteiger partial charge in [-0.15, -0.1) is 0 Å². The first-order valence-electron chi connectivity index (χ1n) is 3.44. The summed E-state index contributed by atoms with van der Waals surface area (Å²) in [6.07, 6.45) is 0.466. The summed E-state index contributed by atoms with van der Waals surface area (Å²) in [5, 5.41) is 10.1. The minimum absolute atomic E-state index is 0.466. The Bertz CT molecular complexity index is 380. The molecule has 1 aromatic rings. The summed E-state index contributed by atoms with van der Waals surface area (Å²) < 4.78 is 35.2. The van der Waals surface area contributed by atoms with Crippen LogP contribution in [0, 0.1) is 0 Å². The van der Waals surface area contributed by atoms with Gasteiger partial charge < -0.3 is 0 Å². The molecule has 0 fully saturated rings. The van der Waals surface area contributed by atoms with E-state index in [0.717, 1.165) is 0 Å². The quantitative estimate of drug-likeness (QED) is 0.751. The number of alkyl halides is 5. The van der Waals surface area contributed by atoms with Gasteiger partial charge in [-0.2, -0.15) is 8.78 Å². The number of nitrogens with zero attached hydrogens (tertiary/aromatic N) is 1. The third-order valence-electron chi connectivity index (χ3n) is 1.53. The van der Waals surface area contributed by atoms with Gasteiger partial charge in [0.05, 0.1) is 0 Å². The molecule has 1 radical (unpaired) electrons. The van der Waals surface area contributed by atoms with E-state index in [1.807, 2.05) is 0 Å². The minimum Gasteiger partial charge on any atom is -0.266 e. The summed E-state index contributed by atoms with van der Waals surface area (Å²) in [6, 6.07) is 0.565. The smallest absolute Gasteiger partial charge is 0.266 e. The molecule has 0 aliphatic heterocycles. The van der Waals surface area contributed by atoms with Gasteiger partial charge in [-0.05, 0) is 6.07 Å². The largest absolute Gasteiger partial charge is 0.336 e. The topological polar surface area (TPSA) is 32.8 Å². The van der Waals surface area contributed by atoms with E-state index >= 15 is 0 Å². The van der Waals surface area contributed by atoms with E-state index < -0.39 is 27.0 Å². The van der Waals surface area contributed by atoms with Crippen molar-refractivity contribution in [1.82, 2.24) is 4.98 Å². The van der Waals surface area contributed by atoms with E-state index in [-0.39, 0.29) is 0 Å². The molecule has 1 aromatic heterocycles. The lowest BCUT2D eigenvalue weighted by atomic mass is 10.1. The van der Waals surface area contributed by atoms with Crippen molar-refractivity contribution in [2.75, 3.05) is 0 Å². The summed E-state index contributed by atoms with van der Waals surface area (Å²) in [5.74, 6) is -5.11. The molecule has 2 nitrogen and oxygen atoms in total. The number of pyridine rings is 1. The fraction of sp³-hybridized carbons (Fsp3) is 0.286. The average Bonchev–Trinajstić information content (AvgIpc) is 2.07. The van der Waals surface area contributed by atoms with E-state index in [4.69, 9.17) is 11.6 Å². The standard InChI is InChI=1S/C7H2Cl3F3NO/c8-4-1-3(2-14-5(4)15)6(11,12)7(9,10)13/h1-2H. The fourth-order valence-electron chi connectivity index (χ4n) is 0.761. The van der Waals surface area contributed by atoms with Crippen molar-refractivity contribution in [2.45, 2.75) is 10.5 Å². The van der Waals surface area contributed by atoms with Crippen LogP contribution in [0.2, 0.25) is 5.02 Å². The summed E-state index contributed by atoms with van der Waals surface area (Å²) in [5.41, 5.74) is -0.973. The maximum atomic E-state index is 13.1. The zero-order valence-corrected chi connectivity index (χ0v) is 9.05. The molecule has 0 atom stereocenters. The number of rotatable bonds is 2. The second-order valence-corrected chi connectivity index (χ2v) is 4.23. The molecule has 0 saturated carbocycles. The lowest BCUT2D eigenvalue weighted by Crippen LogP contribution is -2.31.